The van der Waals surface area contributed by atoms with Crippen molar-refractivity contribution in [2.75, 3.05) is 13.2 Å². The Kier molecular flexibility index (Phi) is 2.84. The third-order valence-electron chi connectivity index (χ3n) is 2.31. The van der Waals surface area contributed by atoms with E-state index in [0.717, 1.165) is 5.04 Å². The minimum atomic E-state index is -0.501. The maximum Gasteiger partial charge on any atom is 0.302 e. The highest BCUT2D eigenvalue weighted by atomic mass is 32.2. The molecule has 2 unspecified atom stereocenters. The van der Waals surface area contributed by atoms with Gasteiger partial charge in [0, 0.05) is 6.92 Å². The minimum Gasteiger partial charge on any atom is -0.463 e. The van der Waals surface area contributed by atoms with Gasteiger partial charge in [-0.25, -0.2) is 0 Å². The van der Waals surface area contributed by atoms with Crippen LogP contribution in [0.2, 0.25) is 0 Å². The van der Waals surface area contributed by atoms with E-state index in [1.165, 1.54) is 6.92 Å². The molecule has 0 spiro atoms. The number of ether oxygens (including phenoxy) is 2. The standard InChI is InChI=1S/C10H13NO3S/c1-7-11-10(6-14-8(2)12)4-3-5-13-9(10)15-7/h3-4,9H,5-6H2,1-2H3. The van der Waals surface area contributed by atoms with Gasteiger partial charge in [0.2, 0.25) is 0 Å². The van der Waals surface area contributed by atoms with Gasteiger partial charge in [0.25, 0.3) is 0 Å². The monoisotopic (exact) mass is 227 g/mol. The van der Waals surface area contributed by atoms with Gasteiger partial charge in [0.15, 0.2) is 0 Å². The van der Waals surface area contributed by atoms with Crippen molar-refractivity contribution >= 4 is 22.8 Å². The molecule has 0 saturated carbocycles. The van der Waals surface area contributed by atoms with Crippen LogP contribution in [0.5, 0.6) is 0 Å². The summed E-state index contributed by atoms with van der Waals surface area (Å²) in [6.45, 7) is 4.20. The predicted molar refractivity (Wildman–Crippen MR) is 58.9 cm³/mol. The van der Waals surface area contributed by atoms with Gasteiger partial charge >= 0.3 is 5.97 Å². The van der Waals surface area contributed by atoms with Crippen molar-refractivity contribution in [3.05, 3.63) is 12.2 Å². The van der Waals surface area contributed by atoms with Crippen molar-refractivity contribution in [2.24, 2.45) is 4.99 Å². The average Bonchev–Trinajstić information content (AvgIpc) is 2.51. The number of rotatable bonds is 2. The van der Waals surface area contributed by atoms with E-state index in [2.05, 4.69) is 4.99 Å². The van der Waals surface area contributed by atoms with E-state index in [0.29, 0.717) is 6.61 Å². The van der Waals surface area contributed by atoms with Crippen LogP contribution in [0.15, 0.2) is 17.1 Å². The Balaban J connectivity index is 2.16. The van der Waals surface area contributed by atoms with Crippen LogP contribution in [0.3, 0.4) is 0 Å². The van der Waals surface area contributed by atoms with Gasteiger partial charge in [-0.2, -0.15) is 0 Å². The first-order valence-electron chi connectivity index (χ1n) is 4.78. The highest BCUT2D eigenvalue weighted by Crippen LogP contribution is 2.39. The van der Waals surface area contributed by atoms with E-state index < -0.39 is 5.54 Å². The summed E-state index contributed by atoms with van der Waals surface area (Å²) in [7, 11) is 0. The Labute approximate surface area is 92.7 Å². The summed E-state index contributed by atoms with van der Waals surface area (Å²) in [6.07, 6.45) is 3.90. The van der Waals surface area contributed by atoms with E-state index in [9.17, 15) is 4.79 Å². The first-order valence-corrected chi connectivity index (χ1v) is 5.66. The van der Waals surface area contributed by atoms with Gasteiger partial charge in [-0.15, -0.1) is 0 Å². The van der Waals surface area contributed by atoms with E-state index in [1.54, 1.807) is 11.8 Å². The highest BCUT2D eigenvalue weighted by Gasteiger charge is 2.45. The topological polar surface area (TPSA) is 47.9 Å². The summed E-state index contributed by atoms with van der Waals surface area (Å²) in [6, 6.07) is 0. The minimum absolute atomic E-state index is 0.0538. The fraction of sp³-hybridized carbons (Fsp3) is 0.600. The van der Waals surface area contributed by atoms with Gasteiger partial charge in [0.05, 0.1) is 11.7 Å². The molecule has 0 aromatic carbocycles. The molecular formula is C10H13NO3S. The molecule has 0 aromatic rings. The lowest BCUT2D eigenvalue weighted by atomic mass is 10.0. The zero-order valence-corrected chi connectivity index (χ0v) is 9.54. The molecule has 82 valence electrons. The van der Waals surface area contributed by atoms with Crippen LogP contribution in [0, 0.1) is 0 Å². The third-order valence-corrected chi connectivity index (χ3v) is 3.50. The second kappa shape index (κ2) is 3.98. The van der Waals surface area contributed by atoms with Crippen LogP contribution in [0.4, 0.5) is 0 Å². The summed E-state index contributed by atoms with van der Waals surface area (Å²) in [5, 5.41) is 0.971. The smallest absolute Gasteiger partial charge is 0.302 e. The molecule has 0 saturated heterocycles. The molecule has 2 atom stereocenters. The Morgan fingerprint density at radius 1 is 1.87 bits per heavy atom. The summed E-state index contributed by atoms with van der Waals surface area (Å²) < 4.78 is 10.6. The van der Waals surface area contributed by atoms with Crippen molar-refractivity contribution in [1.29, 1.82) is 0 Å². The molecule has 0 bridgehead atoms. The van der Waals surface area contributed by atoms with Gasteiger partial charge in [-0.05, 0) is 6.92 Å². The van der Waals surface area contributed by atoms with Gasteiger partial charge in [0.1, 0.15) is 17.6 Å². The summed E-state index contributed by atoms with van der Waals surface area (Å²) in [4.78, 5) is 15.3. The molecule has 0 aromatic heterocycles. The van der Waals surface area contributed by atoms with E-state index in [1.807, 2.05) is 19.1 Å². The van der Waals surface area contributed by atoms with E-state index >= 15 is 0 Å². The first kappa shape index (κ1) is 10.7. The molecule has 5 heteroatoms. The molecule has 0 radical (unpaired) electrons. The molecule has 0 aliphatic carbocycles. The average molecular weight is 227 g/mol. The van der Waals surface area contributed by atoms with Gasteiger partial charge in [-0.1, -0.05) is 23.9 Å². The quantitative estimate of drug-likeness (QED) is 0.528. The molecular weight excluding hydrogens is 214 g/mol. The SMILES string of the molecule is CC(=O)OCC12C=CCOC1SC(C)=N2. The molecule has 2 heterocycles. The summed E-state index contributed by atoms with van der Waals surface area (Å²) in [5.41, 5.74) is -0.555. The lowest BCUT2D eigenvalue weighted by Gasteiger charge is -2.31. The van der Waals surface area contributed by atoms with Crippen LogP contribution in [0.25, 0.3) is 0 Å². The van der Waals surface area contributed by atoms with Crippen molar-refractivity contribution in [3.8, 4) is 0 Å². The van der Waals surface area contributed by atoms with E-state index in [4.69, 9.17) is 9.47 Å². The van der Waals surface area contributed by atoms with Crippen molar-refractivity contribution < 1.29 is 14.3 Å². The Morgan fingerprint density at radius 2 is 2.67 bits per heavy atom. The van der Waals surface area contributed by atoms with Crippen molar-refractivity contribution in [1.82, 2.24) is 0 Å². The van der Waals surface area contributed by atoms with Gasteiger partial charge in [-0.3, -0.25) is 9.79 Å². The molecule has 15 heavy (non-hydrogen) atoms. The number of thioether (sulfide) groups is 1. The highest BCUT2D eigenvalue weighted by molar-refractivity contribution is 8.14. The molecule has 2 aliphatic heterocycles. The first-order chi connectivity index (χ1) is 7.12. The van der Waals surface area contributed by atoms with Crippen molar-refractivity contribution in [3.63, 3.8) is 0 Å². The van der Waals surface area contributed by atoms with Crippen LogP contribution in [-0.4, -0.2) is 35.2 Å². The third kappa shape index (κ3) is 2.08. The van der Waals surface area contributed by atoms with Crippen LogP contribution >= 0.6 is 11.8 Å². The normalized spacial score (nSPS) is 33.5. The van der Waals surface area contributed by atoms with Crippen molar-refractivity contribution in [2.45, 2.75) is 24.8 Å². The largest absolute Gasteiger partial charge is 0.463 e. The van der Waals surface area contributed by atoms with Crippen LogP contribution in [0.1, 0.15) is 13.8 Å². The Morgan fingerprint density at radius 3 is 3.40 bits per heavy atom. The molecule has 0 N–H and O–H groups in total. The Bertz CT molecular complexity index is 340. The number of fused-ring (bicyclic) bond motifs is 1. The lowest BCUT2D eigenvalue weighted by Crippen LogP contribution is -2.43. The fourth-order valence-electron chi connectivity index (χ4n) is 1.68. The number of nitrogens with zero attached hydrogens (tertiary/aromatic N) is 1. The molecule has 2 aliphatic rings. The second-order valence-electron chi connectivity index (χ2n) is 3.59. The molecule has 0 amide bonds. The van der Waals surface area contributed by atoms with Gasteiger partial charge < -0.3 is 9.47 Å². The maximum absolute atomic E-state index is 10.8. The molecule has 2 rings (SSSR count). The number of carbonyl (C=O) groups is 1. The van der Waals surface area contributed by atoms with E-state index in [-0.39, 0.29) is 18.0 Å². The molecule has 4 nitrogen and oxygen atoms in total. The summed E-state index contributed by atoms with van der Waals surface area (Å²) in [5.74, 6) is -0.285. The number of aliphatic imine (C=N–C) groups is 1. The summed E-state index contributed by atoms with van der Waals surface area (Å²) >= 11 is 1.59. The maximum atomic E-state index is 10.8. The molecule has 0 fully saturated rings. The zero-order valence-electron chi connectivity index (χ0n) is 8.73. The number of esters is 1. The van der Waals surface area contributed by atoms with Crippen LogP contribution < -0.4 is 0 Å². The van der Waals surface area contributed by atoms with Crippen LogP contribution in [-0.2, 0) is 14.3 Å². The fourth-order valence-corrected chi connectivity index (χ4v) is 2.77. The predicted octanol–water partition coefficient (Wildman–Crippen LogP) is 1.37. The number of carbonyl (C=O) groups excluding carboxylic acids is 1. The Hall–Kier alpha value is -0.810. The number of hydrogen-bond acceptors (Lipinski definition) is 5. The lowest BCUT2D eigenvalue weighted by molar-refractivity contribution is -0.143. The number of hydrogen-bond donors (Lipinski definition) is 0. The zero-order chi connectivity index (χ0) is 10.9. The second-order valence-corrected chi connectivity index (χ2v) is 4.84.